The van der Waals surface area contributed by atoms with E-state index in [-0.39, 0.29) is 30.8 Å². The molecule has 0 radical (unpaired) electrons. The Bertz CT molecular complexity index is 706. The Kier molecular flexibility index (Phi) is 4.51. The molecule has 8 nitrogen and oxygen atoms in total. The van der Waals surface area contributed by atoms with Gasteiger partial charge in [0.15, 0.2) is 5.79 Å². The largest absolute Gasteiger partial charge is 0.457 e. The first-order valence-corrected chi connectivity index (χ1v) is 8.50. The van der Waals surface area contributed by atoms with Crippen LogP contribution < -0.4 is 0 Å². The van der Waals surface area contributed by atoms with Gasteiger partial charge in [-0.2, -0.15) is 0 Å². The van der Waals surface area contributed by atoms with E-state index in [1.807, 2.05) is 0 Å². The van der Waals surface area contributed by atoms with Crippen molar-refractivity contribution in [3.63, 3.8) is 0 Å². The summed E-state index contributed by atoms with van der Waals surface area (Å²) in [6.07, 6.45) is 1.03. The molecule has 3 aliphatic rings. The van der Waals surface area contributed by atoms with Gasteiger partial charge in [0.2, 0.25) is 0 Å². The highest BCUT2D eigenvalue weighted by Crippen LogP contribution is 2.49. The number of carbonyl (C=O) groups excluding carboxylic acids is 2. The van der Waals surface area contributed by atoms with Crippen molar-refractivity contribution in [1.82, 2.24) is 0 Å². The third-order valence-electron chi connectivity index (χ3n) is 5.18. The molecule has 0 unspecified atom stereocenters. The second-order valence-electron chi connectivity index (χ2n) is 7.50. The van der Waals surface area contributed by atoms with Crippen LogP contribution in [0.2, 0.25) is 0 Å². The Hall–Kier alpha value is -1.74. The van der Waals surface area contributed by atoms with Crippen molar-refractivity contribution in [2.75, 3.05) is 13.7 Å². The summed E-state index contributed by atoms with van der Waals surface area (Å²) in [4.78, 5) is 24.0. The second-order valence-corrected chi connectivity index (χ2v) is 7.50. The lowest BCUT2D eigenvalue weighted by atomic mass is 9.82. The first kappa shape index (κ1) is 19.0. The quantitative estimate of drug-likeness (QED) is 0.701. The average molecular weight is 368 g/mol. The summed E-state index contributed by atoms with van der Waals surface area (Å²) in [6.45, 7) is 4.36. The first-order chi connectivity index (χ1) is 12.0. The Balaban J connectivity index is 2.19. The maximum Gasteiger partial charge on any atom is 0.342 e. The lowest BCUT2D eigenvalue weighted by molar-refractivity contribution is -0.298. The van der Waals surface area contributed by atoms with Gasteiger partial charge in [-0.15, -0.1) is 0 Å². The Morgan fingerprint density at radius 3 is 2.65 bits per heavy atom. The van der Waals surface area contributed by atoms with Gasteiger partial charge >= 0.3 is 11.9 Å². The van der Waals surface area contributed by atoms with Crippen LogP contribution in [-0.2, 0) is 28.5 Å². The van der Waals surface area contributed by atoms with Crippen LogP contribution in [0.5, 0.6) is 0 Å². The summed E-state index contributed by atoms with van der Waals surface area (Å²) in [6, 6.07) is 0. The highest BCUT2D eigenvalue weighted by Gasteiger charge is 2.58. The van der Waals surface area contributed by atoms with Crippen LogP contribution in [0.25, 0.3) is 0 Å². The van der Waals surface area contributed by atoms with Crippen LogP contribution >= 0.6 is 0 Å². The molecule has 0 saturated carbocycles. The molecule has 0 aromatic rings. The molecule has 0 spiro atoms. The van der Waals surface area contributed by atoms with Gasteiger partial charge in [0, 0.05) is 32.4 Å². The minimum atomic E-state index is -1.82. The van der Waals surface area contributed by atoms with Crippen molar-refractivity contribution in [2.24, 2.45) is 0 Å². The van der Waals surface area contributed by atoms with Crippen molar-refractivity contribution in [2.45, 2.75) is 63.1 Å². The van der Waals surface area contributed by atoms with Crippen LogP contribution in [0.15, 0.2) is 23.0 Å². The third kappa shape index (κ3) is 3.07. The fourth-order valence-electron chi connectivity index (χ4n) is 3.80. The van der Waals surface area contributed by atoms with Gasteiger partial charge in [0.25, 0.3) is 0 Å². The molecule has 2 bridgehead atoms. The molecule has 2 N–H and O–H groups in total. The van der Waals surface area contributed by atoms with Gasteiger partial charge in [-0.3, -0.25) is 4.79 Å². The molecule has 8 heteroatoms. The number of fused-ring (bicyclic) bond motifs is 3. The van der Waals surface area contributed by atoms with Gasteiger partial charge in [0.05, 0.1) is 17.8 Å². The zero-order valence-electron chi connectivity index (χ0n) is 15.3. The normalized spacial score (nSPS) is 41.5. The van der Waals surface area contributed by atoms with Gasteiger partial charge in [-0.05, 0) is 26.3 Å². The molecule has 3 aliphatic heterocycles. The SMILES string of the molecule is COCC1=C2/C(=C\[C@@]3(C)CC[C@](O)(O3)[C@](C)(O)C[C@@H]2OC(C)=O)OC1=O. The summed E-state index contributed by atoms with van der Waals surface area (Å²) < 4.78 is 21.7. The monoisotopic (exact) mass is 368 g/mol. The molecule has 26 heavy (non-hydrogen) atoms. The topological polar surface area (TPSA) is 112 Å². The van der Waals surface area contributed by atoms with Gasteiger partial charge in [-0.25, -0.2) is 4.79 Å². The summed E-state index contributed by atoms with van der Waals surface area (Å²) >= 11 is 0. The highest BCUT2D eigenvalue weighted by atomic mass is 16.7. The maximum absolute atomic E-state index is 12.3. The minimum absolute atomic E-state index is 0.0345. The van der Waals surface area contributed by atoms with Gasteiger partial charge < -0.3 is 29.2 Å². The van der Waals surface area contributed by atoms with E-state index in [4.69, 9.17) is 18.9 Å². The Labute approximate surface area is 151 Å². The van der Waals surface area contributed by atoms with E-state index in [2.05, 4.69) is 0 Å². The fraction of sp³-hybridized carbons (Fsp3) is 0.667. The standard InChI is InChI=1S/C18H24O8/c1-10(19)24-13-8-17(3,21)18(22)6-5-16(2,26-18)7-12-14(13)11(9-23-4)15(20)25-12/h7,13,21-22H,5-6,8-9H2,1-4H3/b12-7+/t13-,16+,17+,18-/m0/s1. The molecular formula is C18H24O8. The van der Waals surface area contributed by atoms with E-state index in [1.54, 1.807) is 13.0 Å². The molecule has 3 heterocycles. The van der Waals surface area contributed by atoms with E-state index >= 15 is 0 Å². The summed E-state index contributed by atoms with van der Waals surface area (Å²) in [7, 11) is 1.43. The van der Waals surface area contributed by atoms with Crippen molar-refractivity contribution in [3.05, 3.63) is 23.0 Å². The van der Waals surface area contributed by atoms with E-state index in [0.717, 1.165) is 0 Å². The zero-order valence-corrected chi connectivity index (χ0v) is 15.3. The van der Waals surface area contributed by atoms with Gasteiger partial charge in [0.1, 0.15) is 17.5 Å². The fourth-order valence-corrected chi connectivity index (χ4v) is 3.80. The van der Waals surface area contributed by atoms with E-state index < -0.39 is 35.0 Å². The number of ether oxygens (including phenoxy) is 4. The van der Waals surface area contributed by atoms with Gasteiger partial charge in [-0.1, -0.05) is 0 Å². The lowest BCUT2D eigenvalue weighted by Crippen LogP contribution is -2.54. The predicted molar refractivity (Wildman–Crippen MR) is 87.5 cm³/mol. The highest BCUT2D eigenvalue weighted by molar-refractivity contribution is 5.95. The second kappa shape index (κ2) is 6.16. The molecule has 1 saturated heterocycles. The molecule has 1 fully saturated rings. The molecule has 3 rings (SSSR count). The molecule has 0 aromatic heterocycles. The van der Waals surface area contributed by atoms with Crippen molar-refractivity contribution in [1.29, 1.82) is 0 Å². The number of carbonyl (C=O) groups is 2. The first-order valence-electron chi connectivity index (χ1n) is 8.50. The number of methoxy groups -OCH3 is 1. The summed E-state index contributed by atoms with van der Waals surface area (Å²) in [5, 5.41) is 21.9. The smallest absolute Gasteiger partial charge is 0.342 e. The average Bonchev–Trinajstić information content (AvgIpc) is 2.97. The van der Waals surface area contributed by atoms with Crippen LogP contribution in [-0.4, -0.2) is 59.0 Å². The van der Waals surface area contributed by atoms with Crippen LogP contribution in [0.4, 0.5) is 0 Å². The summed E-state index contributed by atoms with van der Waals surface area (Å²) in [5.41, 5.74) is -2.12. The lowest BCUT2D eigenvalue weighted by Gasteiger charge is -2.40. The Morgan fingerprint density at radius 2 is 2.04 bits per heavy atom. The number of hydrogen-bond donors (Lipinski definition) is 2. The number of hydrogen-bond acceptors (Lipinski definition) is 8. The molecule has 144 valence electrons. The molecule has 4 atom stereocenters. The Morgan fingerprint density at radius 1 is 1.35 bits per heavy atom. The number of esters is 2. The third-order valence-corrected chi connectivity index (χ3v) is 5.18. The molecular weight excluding hydrogens is 344 g/mol. The maximum atomic E-state index is 12.3. The van der Waals surface area contributed by atoms with Crippen molar-refractivity contribution >= 4 is 11.9 Å². The molecule has 0 aliphatic carbocycles. The number of rotatable bonds is 3. The minimum Gasteiger partial charge on any atom is -0.457 e. The van der Waals surface area contributed by atoms with E-state index in [1.165, 1.54) is 21.0 Å². The van der Waals surface area contributed by atoms with Crippen LogP contribution in [0.3, 0.4) is 0 Å². The van der Waals surface area contributed by atoms with E-state index in [9.17, 15) is 19.8 Å². The predicted octanol–water partition coefficient (Wildman–Crippen LogP) is 0.714. The number of aliphatic hydroxyl groups is 2. The summed E-state index contributed by atoms with van der Waals surface area (Å²) in [5.74, 6) is -2.79. The van der Waals surface area contributed by atoms with Crippen molar-refractivity contribution in [3.8, 4) is 0 Å². The molecule has 0 amide bonds. The van der Waals surface area contributed by atoms with Crippen LogP contribution in [0, 0.1) is 0 Å². The van der Waals surface area contributed by atoms with E-state index in [0.29, 0.717) is 12.0 Å². The zero-order chi connectivity index (χ0) is 19.3. The van der Waals surface area contributed by atoms with Crippen LogP contribution in [0.1, 0.15) is 40.0 Å². The molecule has 0 aromatic carbocycles. The van der Waals surface area contributed by atoms with Crippen molar-refractivity contribution < 1.29 is 38.7 Å².